The van der Waals surface area contributed by atoms with Crippen LogP contribution in [-0.2, 0) is 0 Å². The van der Waals surface area contributed by atoms with Gasteiger partial charge in [0.25, 0.3) is 10.3 Å². The van der Waals surface area contributed by atoms with Crippen molar-refractivity contribution in [1.29, 1.82) is 0 Å². The van der Waals surface area contributed by atoms with Crippen LogP contribution in [0.15, 0.2) is 0 Å². The third kappa shape index (κ3) is 280. The van der Waals surface area contributed by atoms with Crippen LogP contribution >= 0.6 is 24.4 Å². The van der Waals surface area contributed by atoms with Crippen LogP contribution in [0.5, 0.6) is 0 Å². The molecule has 0 aliphatic heterocycles. The van der Waals surface area contributed by atoms with Crippen molar-refractivity contribution >= 4 is 34.8 Å². The Morgan fingerprint density at radius 1 is 1.36 bits per heavy atom. The molecule has 0 radical (unpaired) electrons. The highest BCUT2D eigenvalue weighted by Crippen LogP contribution is 1.50. The van der Waals surface area contributed by atoms with Gasteiger partial charge in [-0.3, -0.25) is 0 Å². The summed E-state index contributed by atoms with van der Waals surface area (Å²) in [5.41, 5.74) is 4.40. The van der Waals surface area contributed by atoms with Gasteiger partial charge >= 0.3 is 0 Å². The van der Waals surface area contributed by atoms with E-state index in [0.717, 1.165) is 0 Å². The Hall–Kier alpha value is -0.660. The molecule has 0 aromatic rings. The fourth-order valence-corrected chi connectivity index (χ4v) is 0. The van der Waals surface area contributed by atoms with E-state index in [9.17, 15) is 0 Å². The molecule has 0 spiro atoms. The van der Waals surface area contributed by atoms with Crippen molar-refractivity contribution in [2.75, 3.05) is 7.05 Å². The molecule has 11 heavy (non-hydrogen) atoms. The normalized spacial score (nSPS) is 5.18. The van der Waals surface area contributed by atoms with E-state index in [0.29, 0.717) is 0 Å². The Labute approximate surface area is 76.5 Å². The van der Waals surface area contributed by atoms with Gasteiger partial charge < -0.3 is 26.7 Å². The lowest BCUT2D eigenvalue weighted by atomic mass is 11.2. The van der Waals surface area contributed by atoms with E-state index in [1.54, 1.807) is 7.05 Å². The van der Waals surface area contributed by atoms with Gasteiger partial charge in [0.1, 0.15) is 0 Å². The zero-order chi connectivity index (χ0) is 7.86. The summed E-state index contributed by atoms with van der Waals surface area (Å²) in [5, 5.41) is 17.2. The van der Waals surface area contributed by atoms with Gasteiger partial charge in [-0.05, 0) is 24.4 Å². The largest absolute Gasteiger partial charge is 0.487 e. The van der Waals surface area contributed by atoms with Crippen LogP contribution in [0.25, 0.3) is 0 Å². The van der Waals surface area contributed by atoms with Crippen molar-refractivity contribution in [3.63, 3.8) is 0 Å². The molecule has 0 bridgehead atoms. The lowest BCUT2D eigenvalue weighted by Crippen LogP contribution is -2.12. The van der Waals surface area contributed by atoms with Crippen molar-refractivity contribution in [2.24, 2.45) is 5.73 Å². The van der Waals surface area contributed by atoms with E-state index in [-0.39, 0.29) is 18.1 Å². The average Bonchev–Trinajstić information content (AvgIpc) is 1.65. The van der Waals surface area contributed by atoms with E-state index in [1.165, 1.54) is 0 Å². The Kier molecular flexibility index (Phi) is 33.0. The third-order valence-electron chi connectivity index (χ3n) is 0.214. The van der Waals surface area contributed by atoms with Gasteiger partial charge in [-0.1, -0.05) is 7.43 Å². The van der Waals surface area contributed by atoms with Gasteiger partial charge in [0.15, 0.2) is 0 Å². The van der Waals surface area contributed by atoms with Crippen LogP contribution in [0.4, 0.5) is 0 Å². The number of aliphatic hydroxyl groups is 2. The predicted octanol–water partition coefficient (Wildman–Crippen LogP) is -0.352. The number of nitrogens with two attached hydrogens (primary N) is 1. The molecule has 0 aliphatic carbocycles. The fraction of sp³-hybridized carbons (Fsp3) is 0.500. The predicted molar refractivity (Wildman–Crippen MR) is 54.0 cm³/mol. The maximum atomic E-state index is 7.98. The minimum atomic E-state index is -0.500. The summed E-state index contributed by atoms with van der Waals surface area (Å²) in [6.45, 7) is 0. The molecule has 7 heteroatoms. The second-order valence-electron chi connectivity index (χ2n) is 0.893. The molecule has 0 saturated heterocycles. The molecule has 5 nitrogen and oxygen atoms in total. The molecule has 0 aromatic carbocycles. The van der Waals surface area contributed by atoms with Crippen molar-refractivity contribution < 1.29 is 15.7 Å². The molecule has 0 saturated carbocycles. The summed E-state index contributed by atoms with van der Waals surface area (Å²) >= 11 is 8.01. The first-order valence-electron chi connectivity index (χ1n) is 1.89. The third-order valence-corrected chi connectivity index (χ3v) is 0.418. The first kappa shape index (κ1) is 22.4. The highest BCUT2D eigenvalue weighted by Gasteiger charge is 1.70. The first-order chi connectivity index (χ1) is 4.00. The van der Waals surface area contributed by atoms with Gasteiger partial charge in [-0.2, -0.15) is 0 Å². The number of aliphatic hydroxyl groups excluding tert-OH is 2. The summed E-state index contributed by atoms with van der Waals surface area (Å²) in [6.07, 6.45) is 0. The topological polar surface area (TPSA) is 110 Å². The standard InChI is InChI=1S/C2H5NOS.CH3NOS.CH4.H2O/c1-3-2(4)5;2-1(3)4;;/h1H3,(H2,3,4,5);(H3,2,3,4);1H4;1H2. The highest BCUT2D eigenvalue weighted by atomic mass is 32.1. The van der Waals surface area contributed by atoms with E-state index in [1.807, 2.05) is 0 Å². The molecular weight excluding hydrogens is 188 g/mol. The molecule has 0 aromatic heterocycles. The first-order valence-corrected chi connectivity index (χ1v) is 2.71. The molecular formula is C4H14N2O3S2. The highest BCUT2D eigenvalue weighted by molar-refractivity contribution is 7.80. The summed E-state index contributed by atoms with van der Waals surface area (Å²) in [6, 6.07) is 0. The molecule has 7 N–H and O–H groups in total. The van der Waals surface area contributed by atoms with Crippen molar-refractivity contribution in [2.45, 2.75) is 7.43 Å². The maximum absolute atomic E-state index is 7.98. The van der Waals surface area contributed by atoms with Crippen LogP contribution in [0, 0.1) is 0 Å². The Morgan fingerprint density at radius 3 is 1.45 bits per heavy atom. The molecule has 0 amide bonds. The number of hydrogen-bond donors (Lipinski definition) is 4. The number of rotatable bonds is 0. The number of thiocarbonyl (C=S) groups is 2. The van der Waals surface area contributed by atoms with Gasteiger partial charge in [0.2, 0.25) is 0 Å². The number of hydrogen-bond acceptors (Lipinski definition) is 2. The zero-order valence-corrected chi connectivity index (χ0v) is 6.92. The van der Waals surface area contributed by atoms with Gasteiger partial charge in [-0.25, -0.2) is 0 Å². The molecule has 0 aliphatic rings. The van der Waals surface area contributed by atoms with Crippen LogP contribution in [-0.4, -0.2) is 33.1 Å². The summed E-state index contributed by atoms with van der Waals surface area (Å²) in [5.74, 6) is 0. The molecule has 0 heterocycles. The van der Waals surface area contributed by atoms with Crippen molar-refractivity contribution in [3.05, 3.63) is 0 Å². The quantitative estimate of drug-likeness (QED) is 0.400. The Bertz CT molecular complexity index is 106. The number of nitrogens with one attached hydrogen (secondary N) is 1. The molecule has 0 rings (SSSR count). The molecule has 0 atom stereocenters. The average molecular weight is 202 g/mol. The van der Waals surface area contributed by atoms with Crippen LogP contribution < -0.4 is 11.1 Å². The van der Waals surface area contributed by atoms with Crippen LogP contribution in [0.3, 0.4) is 0 Å². The summed E-state index contributed by atoms with van der Waals surface area (Å²) < 4.78 is 0. The second-order valence-corrected chi connectivity index (χ2v) is 1.70. The zero-order valence-electron chi connectivity index (χ0n) is 5.29. The van der Waals surface area contributed by atoms with Crippen LogP contribution in [0.1, 0.15) is 7.43 Å². The smallest absolute Gasteiger partial charge is 0.253 e. The maximum Gasteiger partial charge on any atom is 0.253 e. The van der Waals surface area contributed by atoms with E-state index >= 15 is 0 Å². The SMILES string of the molecule is C.CNC(O)=S.NC(O)=S.O. The molecule has 0 unspecified atom stereocenters. The monoisotopic (exact) mass is 202 g/mol. The minimum Gasteiger partial charge on any atom is -0.487 e. The summed E-state index contributed by atoms with van der Waals surface area (Å²) in [7, 11) is 1.56. The molecule has 70 valence electrons. The van der Waals surface area contributed by atoms with Crippen LogP contribution in [0.2, 0.25) is 0 Å². The minimum absolute atomic E-state index is 0. The van der Waals surface area contributed by atoms with Gasteiger partial charge in [0, 0.05) is 7.05 Å². The molecule has 0 fully saturated rings. The Morgan fingerprint density at radius 2 is 1.45 bits per heavy atom. The lowest BCUT2D eigenvalue weighted by Gasteiger charge is -1.83. The van der Waals surface area contributed by atoms with Gasteiger partial charge in [0.05, 0.1) is 0 Å². The van der Waals surface area contributed by atoms with E-state index < -0.39 is 5.17 Å². The second kappa shape index (κ2) is 16.2. The van der Waals surface area contributed by atoms with E-state index in [4.69, 9.17) is 10.2 Å². The van der Waals surface area contributed by atoms with Gasteiger partial charge in [-0.15, -0.1) is 0 Å². The van der Waals surface area contributed by atoms with E-state index in [2.05, 4.69) is 35.5 Å². The van der Waals surface area contributed by atoms with Crippen molar-refractivity contribution in [3.8, 4) is 0 Å². The Balaban J connectivity index is -0.0000000383. The lowest BCUT2D eigenvalue weighted by molar-refractivity contribution is 0.542. The fourth-order valence-electron chi connectivity index (χ4n) is 0. The van der Waals surface area contributed by atoms with Crippen molar-refractivity contribution in [1.82, 2.24) is 5.32 Å². The summed E-state index contributed by atoms with van der Waals surface area (Å²) in [4.78, 5) is 0.